The van der Waals surface area contributed by atoms with Crippen molar-refractivity contribution in [2.45, 2.75) is 12.0 Å². The Morgan fingerprint density at radius 2 is 2.15 bits per heavy atom. The van der Waals surface area contributed by atoms with Crippen LogP contribution >= 0.6 is 15.9 Å². The van der Waals surface area contributed by atoms with Gasteiger partial charge in [-0.25, -0.2) is 0 Å². The van der Waals surface area contributed by atoms with Crippen molar-refractivity contribution in [3.8, 4) is 0 Å². The summed E-state index contributed by atoms with van der Waals surface area (Å²) < 4.78 is 6.40. The lowest BCUT2D eigenvalue weighted by atomic mass is 9.90. The van der Waals surface area contributed by atoms with Crippen molar-refractivity contribution in [3.63, 3.8) is 0 Å². The summed E-state index contributed by atoms with van der Waals surface area (Å²) in [4.78, 5) is 0. The molecule has 0 spiro atoms. The molecule has 2 nitrogen and oxygen atoms in total. The molecule has 0 amide bonds. The number of rotatable bonds is 1. The molecule has 0 radical (unpaired) electrons. The molecular formula is C10H12BrNO. The lowest BCUT2D eigenvalue weighted by Gasteiger charge is -2.23. The minimum absolute atomic E-state index is 0.292. The van der Waals surface area contributed by atoms with Crippen LogP contribution in [0.3, 0.4) is 0 Å². The van der Waals surface area contributed by atoms with Crippen LogP contribution in [0.25, 0.3) is 0 Å². The largest absolute Gasteiger partial charge is 0.379 e. The summed E-state index contributed by atoms with van der Waals surface area (Å²) in [7, 11) is 0. The third-order valence-electron chi connectivity index (χ3n) is 2.46. The van der Waals surface area contributed by atoms with Crippen LogP contribution in [0.5, 0.6) is 0 Å². The molecule has 1 aromatic carbocycles. The van der Waals surface area contributed by atoms with Gasteiger partial charge in [-0.2, -0.15) is 0 Å². The van der Waals surface area contributed by atoms with E-state index in [0.29, 0.717) is 6.61 Å². The van der Waals surface area contributed by atoms with Crippen LogP contribution < -0.4 is 5.73 Å². The van der Waals surface area contributed by atoms with Gasteiger partial charge >= 0.3 is 0 Å². The van der Waals surface area contributed by atoms with Gasteiger partial charge in [0.2, 0.25) is 0 Å². The van der Waals surface area contributed by atoms with Gasteiger partial charge in [-0.1, -0.05) is 34.1 Å². The van der Waals surface area contributed by atoms with Gasteiger partial charge in [-0.05, 0) is 18.1 Å². The Hall–Kier alpha value is -0.380. The Kier molecular flexibility index (Phi) is 2.41. The van der Waals surface area contributed by atoms with Gasteiger partial charge < -0.3 is 10.5 Å². The number of hydrogen-bond donors (Lipinski definition) is 1. The fraction of sp³-hybridized carbons (Fsp3) is 0.400. The molecule has 0 bridgehead atoms. The lowest BCUT2D eigenvalue weighted by Crippen LogP contribution is -2.37. The van der Waals surface area contributed by atoms with E-state index in [1.807, 2.05) is 18.2 Å². The van der Waals surface area contributed by atoms with Crippen molar-refractivity contribution in [2.75, 3.05) is 13.2 Å². The topological polar surface area (TPSA) is 35.2 Å². The first kappa shape index (κ1) is 9.19. The van der Waals surface area contributed by atoms with Gasteiger partial charge in [0, 0.05) is 11.1 Å². The molecule has 2 N–H and O–H groups in total. The van der Waals surface area contributed by atoms with Crippen LogP contribution in [0.1, 0.15) is 12.0 Å². The standard InChI is InChI=1S/C10H12BrNO/c11-9-4-2-1-3-8(9)10(12)5-6-13-7-10/h1-4H,5-7,12H2. The van der Waals surface area contributed by atoms with Crippen LogP contribution in [0.15, 0.2) is 28.7 Å². The molecule has 0 aromatic heterocycles. The first-order valence-electron chi connectivity index (χ1n) is 4.34. The number of ether oxygens (including phenoxy) is 1. The highest BCUT2D eigenvalue weighted by molar-refractivity contribution is 9.10. The fourth-order valence-corrected chi connectivity index (χ4v) is 2.34. The number of halogens is 1. The SMILES string of the molecule is NC1(c2ccccc2Br)CCOC1. The summed E-state index contributed by atoms with van der Waals surface area (Å²) in [5.74, 6) is 0. The fourth-order valence-electron chi connectivity index (χ4n) is 1.66. The summed E-state index contributed by atoms with van der Waals surface area (Å²) in [6, 6.07) is 8.07. The zero-order chi connectivity index (χ0) is 9.31. The Bertz CT molecular complexity index is 308. The minimum atomic E-state index is -0.292. The smallest absolute Gasteiger partial charge is 0.0689 e. The van der Waals surface area contributed by atoms with Crippen LogP contribution in [-0.4, -0.2) is 13.2 Å². The molecule has 0 saturated carbocycles. The average Bonchev–Trinajstić information content (AvgIpc) is 2.54. The van der Waals surface area contributed by atoms with E-state index in [1.165, 1.54) is 0 Å². The molecule has 1 unspecified atom stereocenters. The first-order chi connectivity index (χ1) is 6.22. The van der Waals surface area contributed by atoms with Crippen molar-refractivity contribution in [3.05, 3.63) is 34.3 Å². The zero-order valence-electron chi connectivity index (χ0n) is 7.29. The monoisotopic (exact) mass is 241 g/mol. The molecular weight excluding hydrogens is 230 g/mol. The van der Waals surface area contributed by atoms with E-state index in [1.54, 1.807) is 0 Å². The quantitative estimate of drug-likeness (QED) is 0.817. The first-order valence-corrected chi connectivity index (χ1v) is 5.13. The predicted octanol–water partition coefficient (Wildman–Crippen LogP) is 2.02. The van der Waals surface area contributed by atoms with E-state index < -0.39 is 0 Å². The van der Waals surface area contributed by atoms with Gasteiger partial charge in [0.15, 0.2) is 0 Å². The summed E-state index contributed by atoms with van der Waals surface area (Å²) in [5, 5.41) is 0. The molecule has 1 atom stereocenters. The molecule has 1 fully saturated rings. The Balaban J connectivity index is 2.39. The van der Waals surface area contributed by atoms with Crippen molar-refractivity contribution in [1.29, 1.82) is 0 Å². The van der Waals surface area contributed by atoms with Crippen molar-refractivity contribution >= 4 is 15.9 Å². The molecule has 1 aromatic rings. The third kappa shape index (κ3) is 1.64. The molecule has 3 heteroatoms. The molecule has 70 valence electrons. The second kappa shape index (κ2) is 3.40. The van der Waals surface area contributed by atoms with Crippen LogP contribution in [-0.2, 0) is 10.3 Å². The number of hydrogen-bond acceptors (Lipinski definition) is 2. The van der Waals surface area contributed by atoms with Gasteiger partial charge in [0.1, 0.15) is 0 Å². The number of benzene rings is 1. The van der Waals surface area contributed by atoms with Crippen LogP contribution in [0, 0.1) is 0 Å². The molecule has 2 rings (SSSR count). The van der Waals surface area contributed by atoms with Crippen molar-refractivity contribution in [1.82, 2.24) is 0 Å². The van der Waals surface area contributed by atoms with E-state index in [4.69, 9.17) is 10.5 Å². The zero-order valence-corrected chi connectivity index (χ0v) is 8.88. The normalized spacial score (nSPS) is 27.8. The maximum atomic E-state index is 6.23. The van der Waals surface area contributed by atoms with Crippen LogP contribution in [0.4, 0.5) is 0 Å². The number of nitrogens with two attached hydrogens (primary N) is 1. The van der Waals surface area contributed by atoms with E-state index in [-0.39, 0.29) is 5.54 Å². The summed E-state index contributed by atoms with van der Waals surface area (Å²) >= 11 is 3.51. The predicted molar refractivity (Wildman–Crippen MR) is 55.4 cm³/mol. The maximum Gasteiger partial charge on any atom is 0.0689 e. The Morgan fingerprint density at radius 3 is 2.77 bits per heavy atom. The second-order valence-corrected chi connectivity index (χ2v) is 4.29. The lowest BCUT2D eigenvalue weighted by molar-refractivity contribution is 0.178. The third-order valence-corrected chi connectivity index (χ3v) is 3.15. The molecule has 1 saturated heterocycles. The summed E-state index contributed by atoms with van der Waals surface area (Å²) in [6.07, 6.45) is 0.898. The van der Waals surface area contributed by atoms with Gasteiger partial charge in [0.05, 0.1) is 12.1 Å². The Morgan fingerprint density at radius 1 is 1.38 bits per heavy atom. The van der Waals surface area contributed by atoms with E-state index in [0.717, 1.165) is 23.1 Å². The molecule has 1 aliphatic heterocycles. The molecule has 0 aliphatic carbocycles. The highest BCUT2D eigenvalue weighted by atomic mass is 79.9. The summed E-state index contributed by atoms with van der Waals surface area (Å²) in [6.45, 7) is 1.38. The van der Waals surface area contributed by atoms with Crippen molar-refractivity contribution < 1.29 is 4.74 Å². The average molecular weight is 242 g/mol. The van der Waals surface area contributed by atoms with Gasteiger partial charge in [0.25, 0.3) is 0 Å². The van der Waals surface area contributed by atoms with Crippen LogP contribution in [0.2, 0.25) is 0 Å². The molecule has 1 heterocycles. The van der Waals surface area contributed by atoms with Gasteiger partial charge in [-0.3, -0.25) is 0 Å². The second-order valence-electron chi connectivity index (χ2n) is 3.44. The van der Waals surface area contributed by atoms with E-state index >= 15 is 0 Å². The summed E-state index contributed by atoms with van der Waals surface area (Å²) in [5.41, 5.74) is 7.08. The van der Waals surface area contributed by atoms with Gasteiger partial charge in [-0.15, -0.1) is 0 Å². The van der Waals surface area contributed by atoms with E-state index in [9.17, 15) is 0 Å². The van der Waals surface area contributed by atoms with Crippen molar-refractivity contribution in [2.24, 2.45) is 5.73 Å². The maximum absolute atomic E-state index is 6.23. The highest BCUT2D eigenvalue weighted by Gasteiger charge is 2.33. The highest BCUT2D eigenvalue weighted by Crippen LogP contribution is 2.32. The minimum Gasteiger partial charge on any atom is -0.379 e. The van der Waals surface area contributed by atoms with E-state index in [2.05, 4.69) is 22.0 Å². The molecule has 13 heavy (non-hydrogen) atoms. The Labute approximate surface area is 86.2 Å². The molecule has 1 aliphatic rings.